The molecule has 3 atom stereocenters. The predicted molar refractivity (Wildman–Crippen MR) is 78.1 cm³/mol. The maximum absolute atomic E-state index is 12.4. The third-order valence-corrected chi connectivity index (χ3v) is 5.07. The summed E-state index contributed by atoms with van der Waals surface area (Å²) in [5.41, 5.74) is 0. The van der Waals surface area contributed by atoms with Gasteiger partial charge in [-0.15, -0.1) is 0 Å². The van der Waals surface area contributed by atoms with Crippen LogP contribution >= 0.6 is 0 Å². The Morgan fingerprint density at radius 3 is 2.21 bits per heavy atom. The molecule has 2 fully saturated rings. The van der Waals surface area contributed by atoms with Gasteiger partial charge < -0.3 is 10.2 Å². The van der Waals surface area contributed by atoms with Gasteiger partial charge in [0.25, 0.3) is 0 Å². The molecule has 2 saturated heterocycles. The van der Waals surface area contributed by atoms with Gasteiger partial charge >= 0.3 is 0 Å². The van der Waals surface area contributed by atoms with E-state index in [4.69, 9.17) is 0 Å². The van der Waals surface area contributed by atoms with Gasteiger partial charge in [-0.25, -0.2) is 0 Å². The summed E-state index contributed by atoms with van der Waals surface area (Å²) in [4.78, 5) is 16.7. The van der Waals surface area contributed by atoms with Crippen molar-refractivity contribution in [2.24, 2.45) is 0 Å². The topological polar surface area (TPSA) is 35.6 Å². The smallest absolute Gasteiger partial charge is 0.239 e. The number of likely N-dealkylation sites (N-methyl/N-ethyl adjacent to an activating group) is 2. The van der Waals surface area contributed by atoms with Crippen molar-refractivity contribution in [3.63, 3.8) is 0 Å². The molecule has 2 aliphatic heterocycles. The van der Waals surface area contributed by atoms with Gasteiger partial charge in [0.2, 0.25) is 5.91 Å². The number of hydrogen-bond acceptors (Lipinski definition) is 3. The van der Waals surface area contributed by atoms with Gasteiger partial charge in [0.05, 0.1) is 6.04 Å². The highest BCUT2D eigenvalue weighted by Gasteiger charge is 2.37. The summed E-state index contributed by atoms with van der Waals surface area (Å²) in [7, 11) is 2.13. The summed E-state index contributed by atoms with van der Waals surface area (Å²) < 4.78 is 0. The summed E-state index contributed by atoms with van der Waals surface area (Å²) in [6, 6.07) is 1.93. The quantitative estimate of drug-likeness (QED) is 0.819. The average Bonchev–Trinajstić information content (AvgIpc) is 2.77. The van der Waals surface area contributed by atoms with Crippen LogP contribution in [0, 0.1) is 0 Å². The highest BCUT2D eigenvalue weighted by Crippen LogP contribution is 2.30. The van der Waals surface area contributed by atoms with Crippen LogP contribution in [0.25, 0.3) is 0 Å². The van der Waals surface area contributed by atoms with Crippen LogP contribution in [-0.2, 0) is 4.79 Å². The number of hydrogen-bond donors (Lipinski definition) is 1. The third kappa shape index (κ3) is 3.11. The lowest BCUT2D eigenvalue weighted by Gasteiger charge is -2.39. The Labute approximate surface area is 117 Å². The predicted octanol–water partition coefficient (Wildman–Crippen LogP) is 1.46. The zero-order chi connectivity index (χ0) is 14.0. The molecule has 0 aromatic heterocycles. The first-order valence-electron chi connectivity index (χ1n) is 7.83. The third-order valence-electron chi connectivity index (χ3n) is 5.07. The Morgan fingerprint density at radius 2 is 1.74 bits per heavy atom. The van der Waals surface area contributed by atoms with Gasteiger partial charge in [-0.2, -0.15) is 0 Å². The van der Waals surface area contributed by atoms with Crippen LogP contribution in [0.3, 0.4) is 0 Å². The van der Waals surface area contributed by atoms with Gasteiger partial charge in [-0.05, 0) is 53.5 Å². The van der Waals surface area contributed by atoms with E-state index in [1.807, 2.05) is 4.90 Å². The summed E-state index contributed by atoms with van der Waals surface area (Å²) in [6.07, 6.45) is 5.02. The molecule has 0 aromatic rings. The van der Waals surface area contributed by atoms with Crippen molar-refractivity contribution in [2.75, 3.05) is 20.1 Å². The van der Waals surface area contributed by atoms with E-state index in [1.54, 1.807) is 0 Å². The number of carbonyl (C=O) groups is 1. The molecule has 4 heteroatoms. The lowest BCUT2D eigenvalue weighted by atomic mass is 9.97. The first-order chi connectivity index (χ1) is 9.06. The molecule has 3 unspecified atom stereocenters. The van der Waals surface area contributed by atoms with Gasteiger partial charge in [0.15, 0.2) is 0 Å². The van der Waals surface area contributed by atoms with E-state index in [0.29, 0.717) is 18.1 Å². The lowest BCUT2D eigenvalue weighted by Crippen LogP contribution is -2.53. The molecule has 2 heterocycles. The second kappa shape index (κ2) is 6.23. The molecule has 1 amide bonds. The van der Waals surface area contributed by atoms with Gasteiger partial charge in [-0.3, -0.25) is 9.69 Å². The van der Waals surface area contributed by atoms with Crippen LogP contribution < -0.4 is 5.32 Å². The van der Waals surface area contributed by atoms with Crippen LogP contribution in [0.4, 0.5) is 0 Å². The number of piperidine rings is 1. The summed E-state index contributed by atoms with van der Waals surface area (Å²) in [5, 5.41) is 3.67. The van der Waals surface area contributed by atoms with Gasteiger partial charge in [-0.1, -0.05) is 0 Å². The SMILES string of the molecule is CCN(CC)C(=O)C(C)N(C)C1CC2CCC(C1)N2. The van der Waals surface area contributed by atoms with Crippen molar-refractivity contribution in [3.8, 4) is 0 Å². The summed E-state index contributed by atoms with van der Waals surface area (Å²) in [6.45, 7) is 7.79. The average molecular weight is 267 g/mol. The van der Waals surface area contributed by atoms with Crippen LogP contribution in [0.5, 0.6) is 0 Å². The maximum Gasteiger partial charge on any atom is 0.239 e. The van der Waals surface area contributed by atoms with Crippen molar-refractivity contribution in [2.45, 2.75) is 70.6 Å². The number of rotatable bonds is 5. The van der Waals surface area contributed by atoms with Crippen LogP contribution in [0.2, 0.25) is 0 Å². The minimum Gasteiger partial charge on any atom is -0.342 e. The summed E-state index contributed by atoms with van der Waals surface area (Å²) >= 11 is 0. The highest BCUT2D eigenvalue weighted by atomic mass is 16.2. The van der Waals surface area contributed by atoms with E-state index in [0.717, 1.165) is 13.1 Å². The number of fused-ring (bicyclic) bond motifs is 2. The molecular weight excluding hydrogens is 238 g/mol. The molecule has 2 bridgehead atoms. The minimum atomic E-state index is 0.00222. The molecule has 19 heavy (non-hydrogen) atoms. The molecule has 1 N–H and O–H groups in total. The van der Waals surface area contributed by atoms with Gasteiger partial charge in [0.1, 0.15) is 0 Å². The second-order valence-electron chi connectivity index (χ2n) is 6.12. The van der Waals surface area contributed by atoms with Crippen molar-refractivity contribution < 1.29 is 4.79 Å². The van der Waals surface area contributed by atoms with E-state index in [9.17, 15) is 4.79 Å². The molecule has 0 aliphatic carbocycles. The fraction of sp³-hybridized carbons (Fsp3) is 0.933. The Hall–Kier alpha value is -0.610. The van der Waals surface area contributed by atoms with E-state index in [2.05, 4.69) is 38.0 Å². The molecule has 2 rings (SSSR count). The minimum absolute atomic E-state index is 0.00222. The molecular formula is C15H29N3O. The van der Waals surface area contributed by atoms with Crippen molar-refractivity contribution >= 4 is 5.91 Å². The van der Waals surface area contributed by atoms with Crippen LogP contribution in [-0.4, -0.2) is 60.0 Å². The fourth-order valence-electron chi connectivity index (χ4n) is 3.65. The zero-order valence-electron chi connectivity index (χ0n) is 12.9. The Bertz CT molecular complexity index is 305. The number of carbonyl (C=O) groups excluding carboxylic acids is 1. The maximum atomic E-state index is 12.4. The molecule has 4 nitrogen and oxygen atoms in total. The summed E-state index contributed by atoms with van der Waals surface area (Å²) in [5.74, 6) is 0.276. The van der Waals surface area contributed by atoms with E-state index in [1.165, 1.54) is 25.7 Å². The van der Waals surface area contributed by atoms with E-state index < -0.39 is 0 Å². The van der Waals surface area contributed by atoms with Gasteiger partial charge in [0, 0.05) is 31.2 Å². The molecule has 0 saturated carbocycles. The fourth-order valence-corrected chi connectivity index (χ4v) is 3.65. The number of amides is 1. The molecule has 0 spiro atoms. The number of nitrogens with zero attached hydrogens (tertiary/aromatic N) is 2. The first kappa shape index (κ1) is 14.8. The van der Waals surface area contributed by atoms with Crippen molar-refractivity contribution in [3.05, 3.63) is 0 Å². The number of nitrogens with one attached hydrogen (secondary N) is 1. The lowest BCUT2D eigenvalue weighted by molar-refractivity contribution is -0.136. The zero-order valence-corrected chi connectivity index (χ0v) is 12.9. The molecule has 2 aliphatic rings. The monoisotopic (exact) mass is 267 g/mol. The Morgan fingerprint density at radius 1 is 1.21 bits per heavy atom. The highest BCUT2D eigenvalue weighted by molar-refractivity contribution is 5.81. The first-order valence-corrected chi connectivity index (χ1v) is 7.83. The Kier molecular flexibility index (Phi) is 4.85. The van der Waals surface area contributed by atoms with Crippen LogP contribution in [0.15, 0.2) is 0 Å². The van der Waals surface area contributed by atoms with Crippen molar-refractivity contribution in [1.29, 1.82) is 0 Å². The Balaban J connectivity index is 1.95. The normalized spacial score (nSPS) is 31.5. The van der Waals surface area contributed by atoms with Crippen LogP contribution in [0.1, 0.15) is 46.5 Å². The largest absolute Gasteiger partial charge is 0.342 e. The molecule has 110 valence electrons. The van der Waals surface area contributed by atoms with Crippen molar-refractivity contribution in [1.82, 2.24) is 15.1 Å². The standard InChI is InChI=1S/C15H29N3O/c1-5-18(6-2)15(19)11(3)17(4)14-9-12-7-8-13(10-14)16-12/h11-14,16H,5-10H2,1-4H3. The van der Waals surface area contributed by atoms with E-state index >= 15 is 0 Å². The van der Waals surface area contributed by atoms with E-state index in [-0.39, 0.29) is 11.9 Å². The second-order valence-corrected chi connectivity index (χ2v) is 6.12. The molecule has 0 radical (unpaired) electrons. The molecule has 0 aromatic carbocycles.